The van der Waals surface area contributed by atoms with Crippen molar-refractivity contribution in [2.45, 2.75) is 76.7 Å². The first-order valence-electron chi connectivity index (χ1n) is 10.8. The Hall–Kier alpha value is -1.35. The van der Waals surface area contributed by atoms with Crippen LogP contribution < -0.4 is 0 Å². The zero-order valence-corrected chi connectivity index (χ0v) is 17.4. The molecule has 2 fully saturated rings. The largest absolute Gasteiger partial charge is 0.459 e. The Morgan fingerprint density at radius 2 is 1.75 bits per heavy atom. The van der Waals surface area contributed by atoms with E-state index in [2.05, 4.69) is 6.58 Å². The van der Waals surface area contributed by atoms with Crippen LogP contribution in [-0.2, 0) is 4.74 Å². The van der Waals surface area contributed by atoms with Gasteiger partial charge in [-0.15, -0.1) is 6.58 Å². The quantitative estimate of drug-likeness (QED) is 0.268. The van der Waals surface area contributed by atoms with Gasteiger partial charge in [0.25, 0.3) is 0 Å². The van der Waals surface area contributed by atoms with Gasteiger partial charge in [0.15, 0.2) is 0 Å². The van der Waals surface area contributed by atoms with Gasteiger partial charge in [0.2, 0.25) is 0 Å². The first kappa shape index (κ1) is 21.4. The van der Waals surface area contributed by atoms with Crippen LogP contribution in [0.3, 0.4) is 0 Å². The van der Waals surface area contributed by atoms with Gasteiger partial charge >= 0.3 is 5.97 Å². The van der Waals surface area contributed by atoms with E-state index >= 15 is 0 Å². The normalized spacial score (nSPS) is 27.9. The molecule has 0 saturated heterocycles. The van der Waals surface area contributed by atoms with E-state index in [9.17, 15) is 9.18 Å². The summed E-state index contributed by atoms with van der Waals surface area (Å²) in [7, 11) is 0. The summed E-state index contributed by atoms with van der Waals surface area (Å²) >= 11 is 5.68. The summed E-state index contributed by atoms with van der Waals surface area (Å²) in [5.74, 6) is 1.50. The predicted molar refractivity (Wildman–Crippen MR) is 112 cm³/mol. The molecular formula is C24H32ClFO2. The van der Waals surface area contributed by atoms with Gasteiger partial charge in [-0.2, -0.15) is 0 Å². The molecule has 2 nitrogen and oxygen atoms in total. The van der Waals surface area contributed by atoms with Crippen molar-refractivity contribution in [3.63, 3.8) is 0 Å². The molecule has 1 aromatic carbocycles. The molecule has 2 aliphatic rings. The Labute approximate surface area is 173 Å². The lowest BCUT2D eigenvalue weighted by Gasteiger charge is -2.37. The Morgan fingerprint density at radius 3 is 2.36 bits per heavy atom. The second-order valence-electron chi connectivity index (χ2n) is 8.57. The molecule has 154 valence electrons. The Bertz CT molecular complexity index is 659. The van der Waals surface area contributed by atoms with Crippen LogP contribution in [0.25, 0.3) is 0 Å². The molecule has 0 N–H and O–H groups in total. The molecule has 1 aromatic rings. The molecule has 0 spiro atoms. The molecule has 2 aliphatic carbocycles. The maximum absolute atomic E-state index is 13.5. The zero-order valence-electron chi connectivity index (χ0n) is 16.7. The number of benzene rings is 1. The summed E-state index contributed by atoms with van der Waals surface area (Å²) in [5, 5.41) is 0.0208. The molecule has 0 atom stereocenters. The van der Waals surface area contributed by atoms with Gasteiger partial charge in [0.1, 0.15) is 11.9 Å². The van der Waals surface area contributed by atoms with Crippen LogP contribution in [0.4, 0.5) is 4.39 Å². The first-order chi connectivity index (χ1) is 13.6. The topological polar surface area (TPSA) is 26.3 Å². The van der Waals surface area contributed by atoms with E-state index in [1.54, 1.807) is 0 Å². The lowest BCUT2D eigenvalue weighted by molar-refractivity contribution is 0.0109. The smallest absolute Gasteiger partial charge is 0.338 e. The third kappa shape index (κ3) is 5.83. The fourth-order valence-electron chi connectivity index (χ4n) is 5.02. The molecule has 0 bridgehead atoms. The van der Waals surface area contributed by atoms with Crippen molar-refractivity contribution in [1.29, 1.82) is 0 Å². The van der Waals surface area contributed by atoms with Gasteiger partial charge in [0, 0.05) is 0 Å². The maximum atomic E-state index is 13.5. The second kappa shape index (κ2) is 10.4. The minimum atomic E-state index is -0.583. The zero-order chi connectivity index (χ0) is 19.9. The summed E-state index contributed by atoms with van der Waals surface area (Å²) < 4.78 is 19.2. The lowest BCUT2D eigenvalue weighted by Crippen LogP contribution is -2.29. The van der Waals surface area contributed by atoms with E-state index in [-0.39, 0.29) is 16.7 Å². The van der Waals surface area contributed by atoms with Gasteiger partial charge < -0.3 is 4.74 Å². The number of rotatable bonds is 7. The molecule has 0 unspecified atom stereocenters. The molecule has 28 heavy (non-hydrogen) atoms. The van der Waals surface area contributed by atoms with Crippen molar-refractivity contribution in [2.24, 2.45) is 17.8 Å². The summed E-state index contributed by atoms with van der Waals surface area (Å²) in [6.07, 6.45) is 15.4. The minimum absolute atomic E-state index is 0.0208. The van der Waals surface area contributed by atoms with Crippen LogP contribution in [0.1, 0.15) is 81.0 Å². The third-order valence-corrected chi connectivity index (χ3v) is 7.03. The summed E-state index contributed by atoms with van der Waals surface area (Å²) in [5.41, 5.74) is 0.235. The standard InChI is InChI=1S/C24H32ClFO2/c1-2-3-4-5-17-6-8-18(9-7-17)19-10-13-21(14-11-19)28-24(27)20-12-15-22(25)23(26)16-20/h2,12,15-19,21H,1,3-11,13-14H2. The SMILES string of the molecule is C=CCCCC1CCC(C2CCC(OC(=O)c3ccc(Cl)c(F)c3)CC2)CC1. The van der Waals surface area contributed by atoms with Crippen LogP contribution in [0.15, 0.2) is 30.9 Å². The molecule has 0 heterocycles. The van der Waals surface area contributed by atoms with E-state index in [0.717, 1.165) is 55.9 Å². The summed E-state index contributed by atoms with van der Waals surface area (Å²) in [6, 6.07) is 4.08. The van der Waals surface area contributed by atoms with Gasteiger partial charge in [-0.25, -0.2) is 9.18 Å². The fourth-order valence-corrected chi connectivity index (χ4v) is 5.14. The molecule has 4 heteroatoms. The Kier molecular flexibility index (Phi) is 7.96. The monoisotopic (exact) mass is 406 g/mol. The van der Waals surface area contributed by atoms with Crippen LogP contribution in [0, 0.1) is 23.6 Å². The van der Waals surface area contributed by atoms with Crippen molar-refractivity contribution in [3.05, 3.63) is 47.3 Å². The van der Waals surface area contributed by atoms with Gasteiger partial charge in [-0.3, -0.25) is 0 Å². The highest BCUT2D eigenvalue weighted by Crippen LogP contribution is 2.41. The minimum Gasteiger partial charge on any atom is -0.459 e. The first-order valence-corrected chi connectivity index (χ1v) is 11.2. The number of carbonyl (C=O) groups is 1. The number of halogens is 2. The molecule has 0 aliphatic heterocycles. The van der Waals surface area contributed by atoms with E-state index < -0.39 is 11.8 Å². The van der Waals surface area contributed by atoms with Crippen molar-refractivity contribution in [2.75, 3.05) is 0 Å². The van der Waals surface area contributed by atoms with Crippen LogP contribution in [0.5, 0.6) is 0 Å². The number of hydrogen-bond donors (Lipinski definition) is 0. The molecule has 0 aromatic heterocycles. The number of unbranched alkanes of at least 4 members (excludes halogenated alkanes) is 1. The van der Waals surface area contributed by atoms with E-state index in [1.807, 2.05) is 6.08 Å². The number of ether oxygens (including phenoxy) is 1. The summed E-state index contributed by atoms with van der Waals surface area (Å²) in [6.45, 7) is 3.81. The lowest BCUT2D eigenvalue weighted by atomic mass is 9.70. The average Bonchev–Trinajstić information content (AvgIpc) is 2.71. The van der Waals surface area contributed by atoms with Crippen molar-refractivity contribution in [3.8, 4) is 0 Å². The molecular weight excluding hydrogens is 375 g/mol. The Balaban J connectivity index is 1.39. The highest BCUT2D eigenvalue weighted by atomic mass is 35.5. The van der Waals surface area contributed by atoms with Gasteiger partial charge in [-0.1, -0.05) is 36.9 Å². The molecule has 0 radical (unpaired) electrons. The number of hydrogen-bond acceptors (Lipinski definition) is 2. The van der Waals surface area contributed by atoms with Gasteiger partial charge in [0.05, 0.1) is 10.6 Å². The fraction of sp³-hybridized carbons (Fsp3) is 0.625. The number of carbonyl (C=O) groups excluding carboxylic acids is 1. The van der Waals surface area contributed by atoms with Crippen LogP contribution >= 0.6 is 11.6 Å². The van der Waals surface area contributed by atoms with E-state index in [4.69, 9.17) is 16.3 Å². The Morgan fingerprint density at radius 1 is 1.11 bits per heavy atom. The van der Waals surface area contributed by atoms with Crippen LogP contribution in [-0.4, -0.2) is 12.1 Å². The molecule has 0 amide bonds. The number of esters is 1. The molecule has 3 rings (SSSR count). The third-order valence-electron chi connectivity index (χ3n) is 6.73. The van der Waals surface area contributed by atoms with E-state index in [1.165, 1.54) is 50.7 Å². The van der Waals surface area contributed by atoms with Crippen LogP contribution in [0.2, 0.25) is 5.02 Å². The second-order valence-corrected chi connectivity index (χ2v) is 8.98. The molecule has 2 saturated carbocycles. The highest BCUT2D eigenvalue weighted by Gasteiger charge is 2.32. The van der Waals surface area contributed by atoms with Crippen molar-refractivity contribution in [1.82, 2.24) is 0 Å². The van der Waals surface area contributed by atoms with Gasteiger partial charge in [-0.05, 0) is 87.3 Å². The van der Waals surface area contributed by atoms with E-state index in [0.29, 0.717) is 0 Å². The summed E-state index contributed by atoms with van der Waals surface area (Å²) in [4.78, 5) is 12.3. The van der Waals surface area contributed by atoms with Crippen molar-refractivity contribution < 1.29 is 13.9 Å². The van der Waals surface area contributed by atoms with Crippen molar-refractivity contribution >= 4 is 17.6 Å². The number of allylic oxidation sites excluding steroid dienone is 1. The average molecular weight is 407 g/mol. The highest BCUT2D eigenvalue weighted by molar-refractivity contribution is 6.30. The maximum Gasteiger partial charge on any atom is 0.338 e. The predicted octanol–water partition coefficient (Wildman–Crippen LogP) is 7.36.